The van der Waals surface area contributed by atoms with Gasteiger partial charge in [-0.05, 0) is 6.92 Å². The van der Waals surface area contributed by atoms with E-state index in [1.54, 1.807) is 5.09 Å². The second-order valence-electron chi connectivity index (χ2n) is 1.73. The fourth-order valence-electron chi connectivity index (χ4n) is 0.307. The molecular weight excluding hydrogens is 161 g/mol. The number of rotatable bonds is 3. The maximum Gasteiger partial charge on any atom is 0.401 e. The number of carbonyl (C=O) groups is 1. The third-order valence-corrected chi connectivity index (χ3v) is 1.46. The van der Waals surface area contributed by atoms with Gasteiger partial charge in [-0.25, -0.2) is 9.65 Å². The highest BCUT2D eigenvalue weighted by molar-refractivity contribution is 7.49. The van der Waals surface area contributed by atoms with Crippen LogP contribution in [0, 0.1) is 0 Å². The molecule has 0 aliphatic carbocycles. The van der Waals surface area contributed by atoms with Crippen molar-refractivity contribution in [3.63, 3.8) is 0 Å². The molecule has 0 bridgehead atoms. The van der Waals surface area contributed by atoms with E-state index in [9.17, 15) is 9.36 Å². The van der Waals surface area contributed by atoms with Crippen LogP contribution in [0.5, 0.6) is 0 Å². The minimum absolute atomic E-state index is 1.14. The van der Waals surface area contributed by atoms with Crippen molar-refractivity contribution < 1.29 is 24.3 Å². The standard InChI is InChI=1S/C3H8NO5P/c1-2(3(5)6)4-10(7,8)9/h2H,1H3,(H,5,6)(H3,4,7,8,9)/t2-/m0/s1. The summed E-state index contributed by atoms with van der Waals surface area (Å²) >= 11 is 0. The van der Waals surface area contributed by atoms with Crippen molar-refractivity contribution in [1.82, 2.24) is 5.09 Å². The number of hydrogen-bond donors (Lipinski definition) is 4. The van der Waals surface area contributed by atoms with Gasteiger partial charge in [0.2, 0.25) is 0 Å². The Hall–Kier alpha value is -0.420. The van der Waals surface area contributed by atoms with Crippen molar-refractivity contribution in [2.24, 2.45) is 0 Å². The van der Waals surface area contributed by atoms with Gasteiger partial charge in [0.15, 0.2) is 0 Å². The first-order valence-electron chi connectivity index (χ1n) is 2.39. The summed E-state index contributed by atoms with van der Waals surface area (Å²) in [5.41, 5.74) is 0. The SMILES string of the molecule is C[C@H](NP(=O)(O)O)C(=O)O. The van der Waals surface area contributed by atoms with Gasteiger partial charge < -0.3 is 14.9 Å². The molecule has 0 amide bonds. The monoisotopic (exact) mass is 169 g/mol. The van der Waals surface area contributed by atoms with Crippen LogP contribution in [0.2, 0.25) is 0 Å². The predicted molar refractivity (Wildman–Crippen MR) is 32.3 cm³/mol. The number of carboxylic acid groups (broad SMARTS) is 1. The predicted octanol–water partition coefficient (Wildman–Crippen LogP) is -0.858. The van der Waals surface area contributed by atoms with E-state index in [2.05, 4.69) is 0 Å². The first-order valence-corrected chi connectivity index (χ1v) is 4.00. The zero-order valence-electron chi connectivity index (χ0n) is 5.18. The minimum atomic E-state index is -4.41. The average molecular weight is 169 g/mol. The summed E-state index contributed by atoms with van der Waals surface area (Å²) < 4.78 is 10.1. The van der Waals surface area contributed by atoms with Gasteiger partial charge in [-0.15, -0.1) is 0 Å². The Morgan fingerprint density at radius 1 is 1.60 bits per heavy atom. The van der Waals surface area contributed by atoms with E-state index >= 15 is 0 Å². The largest absolute Gasteiger partial charge is 0.480 e. The van der Waals surface area contributed by atoms with Crippen LogP contribution in [0.25, 0.3) is 0 Å². The molecule has 0 aliphatic rings. The van der Waals surface area contributed by atoms with Crippen molar-refractivity contribution in [3.8, 4) is 0 Å². The smallest absolute Gasteiger partial charge is 0.401 e. The van der Waals surface area contributed by atoms with Gasteiger partial charge in [-0.3, -0.25) is 4.79 Å². The molecule has 0 heterocycles. The third kappa shape index (κ3) is 4.46. The first kappa shape index (κ1) is 9.58. The third-order valence-electron chi connectivity index (χ3n) is 0.732. The highest BCUT2D eigenvalue weighted by Gasteiger charge is 2.20. The molecule has 0 rings (SSSR count). The Bertz CT molecular complexity index is 174. The Morgan fingerprint density at radius 3 is 2.10 bits per heavy atom. The van der Waals surface area contributed by atoms with Crippen LogP contribution in [0.1, 0.15) is 6.92 Å². The molecule has 4 N–H and O–H groups in total. The number of nitrogens with one attached hydrogen (secondary N) is 1. The molecule has 0 unspecified atom stereocenters. The molecule has 6 nitrogen and oxygen atoms in total. The summed E-state index contributed by atoms with van der Waals surface area (Å²) in [6.45, 7) is 1.14. The Labute approximate surface area is 57.1 Å². The lowest BCUT2D eigenvalue weighted by atomic mass is 10.4. The zero-order valence-corrected chi connectivity index (χ0v) is 6.08. The molecule has 1 atom stereocenters. The lowest BCUT2D eigenvalue weighted by Crippen LogP contribution is -2.30. The quantitative estimate of drug-likeness (QED) is 0.409. The lowest BCUT2D eigenvalue weighted by molar-refractivity contribution is -0.138. The molecule has 0 aromatic rings. The molecule has 0 fully saturated rings. The lowest BCUT2D eigenvalue weighted by Gasteiger charge is -2.08. The maximum absolute atomic E-state index is 10.1. The van der Waals surface area contributed by atoms with Crippen molar-refractivity contribution in [1.29, 1.82) is 0 Å². The summed E-state index contributed by atoms with van der Waals surface area (Å²) in [5.74, 6) is -1.30. The van der Waals surface area contributed by atoms with Crippen LogP contribution in [-0.4, -0.2) is 26.9 Å². The van der Waals surface area contributed by atoms with E-state index in [-0.39, 0.29) is 0 Å². The van der Waals surface area contributed by atoms with Gasteiger partial charge in [0.25, 0.3) is 0 Å². The summed E-state index contributed by atoms with van der Waals surface area (Å²) in [6, 6.07) is -1.24. The van der Waals surface area contributed by atoms with Gasteiger partial charge in [-0.1, -0.05) is 0 Å². The number of carboxylic acids is 1. The van der Waals surface area contributed by atoms with Crippen molar-refractivity contribution in [2.45, 2.75) is 13.0 Å². The number of hydrogen-bond acceptors (Lipinski definition) is 2. The van der Waals surface area contributed by atoms with Crippen LogP contribution in [0.3, 0.4) is 0 Å². The highest BCUT2D eigenvalue weighted by atomic mass is 31.2. The molecule has 0 aromatic heterocycles. The fourth-order valence-corrected chi connectivity index (χ4v) is 0.922. The summed E-state index contributed by atoms with van der Waals surface area (Å²) in [7, 11) is -4.41. The average Bonchev–Trinajstić information content (AvgIpc) is 1.60. The van der Waals surface area contributed by atoms with Crippen LogP contribution in [-0.2, 0) is 9.36 Å². The van der Waals surface area contributed by atoms with Crippen molar-refractivity contribution in [3.05, 3.63) is 0 Å². The van der Waals surface area contributed by atoms with E-state index in [0.717, 1.165) is 6.92 Å². The molecule has 60 valence electrons. The van der Waals surface area contributed by atoms with Crippen LogP contribution < -0.4 is 5.09 Å². The summed E-state index contributed by atoms with van der Waals surface area (Å²) in [4.78, 5) is 26.3. The topological polar surface area (TPSA) is 107 Å². The molecule has 0 saturated heterocycles. The zero-order chi connectivity index (χ0) is 8.36. The molecule has 0 aromatic carbocycles. The molecular formula is C3H8NO5P. The van der Waals surface area contributed by atoms with Gasteiger partial charge in [-0.2, -0.15) is 0 Å². The normalized spacial score (nSPS) is 14.7. The molecule has 0 radical (unpaired) electrons. The number of aliphatic carboxylic acids is 1. The Kier molecular flexibility index (Phi) is 2.98. The molecule has 0 aliphatic heterocycles. The van der Waals surface area contributed by atoms with Crippen LogP contribution in [0.4, 0.5) is 0 Å². The van der Waals surface area contributed by atoms with Gasteiger partial charge in [0.1, 0.15) is 6.04 Å². The second-order valence-corrected chi connectivity index (χ2v) is 3.08. The Morgan fingerprint density at radius 2 is 2.00 bits per heavy atom. The fraction of sp³-hybridized carbons (Fsp3) is 0.667. The second kappa shape index (κ2) is 3.12. The maximum atomic E-state index is 10.1. The van der Waals surface area contributed by atoms with Crippen molar-refractivity contribution >= 4 is 13.7 Å². The molecule has 7 heteroatoms. The first-order chi connectivity index (χ1) is 4.33. The Balaban J connectivity index is 3.93. The van der Waals surface area contributed by atoms with Crippen molar-refractivity contribution in [2.75, 3.05) is 0 Å². The molecule has 0 saturated carbocycles. The van der Waals surface area contributed by atoms with Gasteiger partial charge in [0, 0.05) is 0 Å². The van der Waals surface area contributed by atoms with E-state index in [0.29, 0.717) is 0 Å². The van der Waals surface area contributed by atoms with Crippen LogP contribution >= 0.6 is 7.75 Å². The summed E-state index contributed by atoms with van der Waals surface area (Å²) in [6.07, 6.45) is 0. The van der Waals surface area contributed by atoms with E-state index < -0.39 is 19.8 Å². The highest BCUT2D eigenvalue weighted by Crippen LogP contribution is 2.28. The summed E-state index contributed by atoms with van der Waals surface area (Å²) in [5, 5.41) is 9.73. The molecule has 10 heavy (non-hydrogen) atoms. The minimum Gasteiger partial charge on any atom is -0.480 e. The van der Waals surface area contributed by atoms with E-state index in [4.69, 9.17) is 14.9 Å². The van der Waals surface area contributed by atoms with Gasteiger partial charge >= 0.3 is 13.7 Å². The van der Waals surface area contributed by atoms with E-state index in [1.807, 2.05) is 0 Å². The molecule has 0 spiro atoms. The van der Waals surface area contributed by atoms with E-state index in [1.165, 1.54) is 0 Å². The van der Waals surface area contributed by atoms with Crippen LogP contribution in [0.15, 0.2) is 0 Å². The van der Waals surface area contributed by atoms with Gasteiger partial charge in [0.05, 0.1) is 0 Å².